The Balaban J connectivity index is 1.96. The Hall–Kier alpha value is -2.55. The van der Waals surface area contributed by atoms with Crippen LogP contribution in [-0.4, -0.2) is 10.9 Å². The number of fused-ring (bicyclic) bond motifs is 2. The van der Waals surface area contributed by atoms with Gasteiger partial charge in [-0.3, -0.25) is 4.79 Å². The highest BCUT2D eigenvalue weighted by Gasteiger charge is 2.40. The first-order chi connectivity index (χ1) is 11.9. The molecule has 2 aliphatic rings. The number of carbonyl (C=O) groups excluding carboxylic acids is 1. The Morgan fingerprint density at radius 1 is 1.04 bits per heavy atom. The molecular weight excluding hydrogens is 312 g/mol. The molecule has 0 spiro atoms. The zero-order chi connectivity index (χ0) is 17.8. The van der Waals surface area contributed by atoms with Crippen molar-refractivity contribution in [1.82, 2.24) is 0 Å². The molecule has 3 nitrogen and oxygen atoms in total. The summed E-state index contributed by atoms with van der Waals surface area (Å²) in [6.45, 7) is 6.07. The van der Waals surface area contributed by atoms with E-state index in [4.69, 9.17) is 4.74 Å². The van der Waals surface area contributed by atoms with Gasteiger partial charge < -0.3 is 9.84 Å². The SMILES string of the molecule is Cc1ccc2c(c1)[C@H](C1=C(O)CC(C)(C)CC1=O)c1ccccc1O2. The first-order valence-electron chi connectivity index (χ1n) is 8.68. The van der Waals surface area contributed by atoms with Crippen molar-refractivity contribution in [2.24, 2.45) is 5.41 Å². The maximum Gasteiger partial charge on any atom is 0.163 e. The number of aryl methyl sites for hydroxylation is 1. The quantitative estimate of drug-likeness (QED) is 0.756. The van der Waals surface area contributed by atoms with Crippen LogP contribution in [0.15, 0.2) is 53.8 Å². The molecule has 4 rings (SSSR count). The van der Waals surface area contributed by atoms with Gasteiger partial charge >= 0.3 is 0 Å². The fraction of sp³-hybridized carbons (Fsp3) is 0.318. The number of hydrogen-bond acceptors (Lipinski definition) is 3. The minimum absolute atomic E-state index is 0.0305. The van der Waals surface area contributed by atoms with Crippen LogP contribution in [0.4, 0.5) is 0 Å². The van der Waals surface area contributed by atoms with Gasteiger partial charge in [0.1, 0.15) is 17.3 Å². The number of Topliss-reactive ketones (excluding diaryl/α,β-unsaturated/α-hetero) is 1. The van der Waals surface area contributed by atoms with Crippen molar-refractivity contribution in [1.29, 1.82) is 0 Å². The van der Waals surface area contributed by atoms with Crippen LogP contribution in [0.1, 0.15) is 49.3 Å². The number of aliphatic hydroxyl groups is 1. The van der Waals surface area contributed by atoms with Crippen LogP contribution < -0.4 is 4.74 Å². The van der Waals surface area contributed by atoms with E-state index in [1.54, 1.807) is 0 Å². The molecule has 25 heavy (non-hydrogen) atoms. The minimum Gasteiger partial charge on any atom is -0.512 e. The monoisotopic (exact) mass is 334 g/mol. The first-order valence-corrected chi connectivity index (χ1v) is 8.68. The summed E-state index contributed by atoms with van der Waals surface area (Å²) >= 11 is 0. The van der Waals surface area contributed by atoms with Gasteiger partial charge in [0.05, 0.1) is 0 Å². The Kier molecular flexibility index (Phi) is 3.50. The van der Waals surface area contributed by atoms with E-state index in [0.717, 1.165) is 28.2 Å². The molecule has 0 saturated heterocycles. The van der Waals surface area contributed by atoms with Gasteiger partial charge in [0, 0.05) is 35.5 Å². The molecule has 2 aromatic rings. The van der Waals surface area contributed by atoms with Crippen molar-refractivity contribution in [2.75, 3.05) is 0 Å². The van der Waals surface area contributed by atoms with E-state index < -0.39 is 0 Å². The van der Waals surface area contributed by atoms with Crippen LogP contribution in [0.3, 0.4) is 0 Å². The number of hydrogen-bond donors (Lipinski definition) is 1. The van der Waals surface area contributed by atoms with Gasteiger partial charge in [-0.1, -0.05) is 49.7 Å². The lowest BCUT2D eigenvalue weighted by atomic mass is 9.70. The molecule has 1 N–H and O–H groups in total. The molecule has 0 fully saturated rings. The Bertz CT molecular complexity index is 905. The molecular formula is C22H22O3. The number of benzene rings is 2. The van der Waals surface area contributed by atoms with E-state index in [-0.39, 0.29) is 22.9 Å². The third kappa shape index (κ3) is 2.64. The molecule has 2 aromatic carbocycles. The molecule has 0 amide bonds. The van der Waals surface area contributed by atoms with Crippen molar-refractivity contribution in [3.63, 3.8) is 0 Å². The number of aliphatic hydroxyl groups excluding tert-OH is 1. The van der Waals surface area contributed by atoms with E-state index in [2.05, 4.69) is 6.07 Å². The van der Waals surface area contributed by atoms with Gasteiger partial charge in [-0.25, -0.2) is 0 Å². The number of carbonyl (C=O) groups is 1. The number of ketones is 1. The van der Waals surface area contributed by atoms with Gasteiger partial charge in [-0.2, -0.15) is 0 Å². The smallest absolute Gasteiger partial charge is 0.163 e. The van der Waals surface area contributed by atoms with Crippen LogP contribution in [0.25, 0.3) is 0 Å². The largest absolute Gasteiger partial charge is 0.512 e. The summed E-state index contributed by atoms with van der Waals surface area (Å²) in [7, 11) is 0. The summed E-state index contributed by atoms with van der Waals surface area (Å²) in [5.74, 6) is 1.48. The van der Waals surface area contributed by atoms with Crippen LogP contribution in [0.5, 0.6) is 11.5 Å². The fourth-order valence-corrected chi connectivity index (χ4v) is 4.02. The Morgan fingerprint density at radius 3 is 2.52 bits per heavy atom. The summed E-state index contributed by atoms with van der Waals surface area (Å²) in [6.07, 6.45) is 0.974. The summed E-state index contributed by atoms with van der Waals surface area (Å²) in [6, 6.07) is 13.8. The highest BCUT2D eigenvalue weighted by Crippen LogP contribution is 2.51. The van der Waals surface area contributed by atoms with Gasteiger partial charge in [0.15, 0.2) is 5.78 Å². The lowest BCUT2D eigenvalue weighted by Gasteiger charge is -2.35. The molecule has 0 radical (unpaired) electrons. The van der Waals surface area contributed by atoms with E-state index in [1.807, 2.05) is 57.2 Å². The topological polar surface area (TPSA) is 46.5 Å². The third-order valence-corrected chi connectivity index (χ3v) is 5.11. The molecule has 1 aliphatic heterocycles. The predicted octanol–water partition coefficient (Wildman–Crippen LogP) is 5.43. The lowest BCUT2D eigenvalue weighted by Crippen LogP contribution is -2.29. The molecule has 3 heteroatoms. The zero-order valence-corrected chi connectivity index (χ0v) is 14.8. The Labute approximate surface area is 148 Å². The van der Waals surface area contributed by atoms with Crippen LogP contribution in [0.2, 0.25) is 0 Å². The maximum absolute atomic E-state index is 13.0. The van der Waals surface area contributed by atoms with Crippen LogP contribution in [-0.2, 0) is 4.79 Å². The molecule has 0 bridgehead atoms. The average molecular weight is 334 g/mol. The van der Waals surface area contributed by atoms with Crippen molar-refractivity contribution in [3.05, 3.63) is 70.5 Å². The maximum atomic E-state index is 13.0. The number of para-hydroxylation sites is 1. The highest BCUT2D eigenvalue weighted by atomic mass is 16.5. The van der Waals surface area contributed by atoms with Crippen LogP contribution in [0, 0.1) is 12.3 Å². The van der Waals surface area contributed by atoms with E-state index in [9.17, 15) is 9.90 Å². The van der Waals surface area contributed by atoms with E-state index in [1.165, 1.54) is 0 Å². The third-order valence-electron chi connectivity index (χ3n) is 5.11. The molecule has 1 heterocycles. The second-order valence-electron chi connectivity index (χ2n) is 7.92. The van der Waals surface area contributed by atoms with E-state index >= 15 is 0 Å². The summed E-state index contributed by atoms with van der Waals surface area (Å²) in [4.78, 5) is 13.0. The lowest BCUT2D eigenvalue weighted by molar-refractivity contribution is -0.118. The van der Waals surface area contributed by atoms with Gasteiger partial charge in [-0.15, -0.1) is 0 Å². The molecule has 1 atom stereocenters. The molecule has 128 valence electrons. The van der Waals surface area contributed by atoms with Crippen molar-refractivity contribution in [3.8, 4) is 11.5 Å². The first kappa shape index (κ1) is 15.9. The highest BCUT2D eigenvalue weighted by molar-refractivity contribution is 5.99. The van der Waals surface area contributed by atoms with E-state index in [0.29, 0.717) is 18.4 Å². The minimum atomic E-state index is -0.275. The van der Waals surface area contributed by atoms with Gasteiger partial charge in [-0.05, 0) is 24.5 Å². The molecule has 0 unspecified atom stereocenters. The molecule has 1 aliphatic carbocycles. The number of allylic oxidation sites excluding steroid dienone is 2. The second-order valence-corrected chi connectivity index (χ2v) is 7.92. The molecule has 0 aromatic heterocycles. The average Bonchev–Trinajstić information content (AvgIpc) is 2.53. The van der Waals surface area contributed by atoms with Crippen molar-refractivity contribution < 1.29 is 14.6 Å². The second kappa shape index (κ2) is 5.48. The Morgan fingerprint density at radius 2 is 1.76 bits per heavy atom. The fourth-order valence-electron chi connectivity index (χ4n) is 4.02. The predicted molar refractivity (Wildman–Crippen MR) is 97.2 cm³/mol. The van der Waals surface area contributed by atoms with Crippen molar-refractivity contribution >= 4 is 5.78 Å². The standard InChI is InChI=1S/C22H22O3/c1-13-8-9-19-15(10-13)20(14-6-4-5-7-18(14)25-19)21-16(23)11-22(2,3)12-17(21)24/h4-10,20,23H,11-12H2,1-3H3/t20-/m1/s1. The summed E-state index contributed by atoms with van der Waals surface area (Å²) in [5, 5.41) is 10.8. The molecule has 0 saturated carbocycles. The normalized spacial score (nSPS) is 21.4. The van der Waals surface area contributed by atoms with Crippen molar-refractivity contribution in [2.45, 2.75) is 39.5 Å². The van der Waals surface area contributed by atoms with Crippen LogP contribution >= 0.6 is 0 Å². The van der Waals surface area contributed by atoms with Gasteiger partial charge in [0.2, 0.25) is 0 Å². The number of rotatable bonds is 1. The zero-order valence-electron chi connectivity index (χ0n) is 14.8. The summed E-state index contributed by atoms with van der Waals surface area (Å²) < 4.78 is 6.05. The number of ether oxygens (including phenoxy) is 1. The van der Waals surface area contributed by atoms with Gasteiger partial charge in [0.25, 0.3) is 0 Å². The summed E-state index contributed by atoms with van der Waals surface area (Å²) in [5.41, 5.74) is 3.32.